The number of fused-ring (bicyclic) bond motifs is 2. The van der Waals surface area contributed by atoms with Crippen LogP contribution in [0.1, 0.15) is 78.3 Å². The summed E-state index contributed by atoms with van der Waals surface area (Å²) in [7, 11) is 1.70. The number of piperidine rings is 2. The molecule has 0 bridgehead atoms. The number of carbonyl (C=O) groups excluding carboxylic acids is 3. The number of amides is 3. The third-order valence-corrected chi connectivity index (χ3v) is 11.1. The van der Waals surface area contributed by atoms with Crippen LogP contribution in [0.15, 0.2) is 53.6 Å². The molecule has 17 heteroatoms. The van der Waals surface area contributed by atoms with Crippen LogP contribution < -0.4 is 16.3 Å². The van der Waals surface area contributed by atoms with E-state index < -0.39 is 29.7 Å². The van der Waals surface area contributed by atoms with Crippen molar-refractivity contribution in [2.75, 3.05) is 25.0 Å². The Labute approximate surface area is 305 Å². The lowest BCUT2D eigenvalue weighted by Gasteiger charge is -2.41. The molecule has 5 aromatic rings. The van der Waals surface area contributed by atoms with Crippen LogP contribution >= 0.6 is 11.6 Å². The van der Waals surface area contributed by atoms with E-state index in [-0.39, 0.29) is 47.9 Å². The van der Waals surface area contributed by atoms with E-state index in [0.29, 0.717) is 22.0 Å². The van der Waals surface area contributed by atoms with Crippen molar-refractivity contribution < 1.29 is 27.6 Å². The average molecular weight is 750 g/mol. The molecule has 2 N–H and O–H groups in total. The minimum atomic E-state index is -4.66. The highest BCUT2D eigenvalue weighted by Gasteiger charge is 2.36. The number of aromatic nitrogens is 6. The molecule has 1 unspecified atom stereocenters. The predicted octanol–water partition coefficient (Wildman–Crippen LogP) is 5.21. The van der Waals surface area contributed by atoms with Gasteiger partial charge in [-0.2, -0.15) is 18.3 Å². The van der Waals surface area contributed by atoms with Crippen LogP contribution in [-0.2, 0) is 22.8 Å². The smallest absolute Gasteiger partial charge is 0.305 e. The fraction of sp³-hybridized carbons (Fsp3) is 0.417. The van der Waals surface area contributed by atoms with Crippen molar-refractivity contribution >= 4 is 57.1 Å². The Morgan fingerprint density at radius 3 is 2.58 bits per heavy atom. The molecule has 2 saturated heterocycles. The number of imidazole rings is 1. The van der Waals surface area contributed by atoms with Gasteiger partial charge in [0, 0.05) is 36.6 Å². The second-order valence-corrected chi connectivity index (χ2v) is 14.6. The molecule has 6 heterocycles. The Morgan fingerprint density at radius 2 is 1.85 bits per heavy atom. The molecular weight excluding hydrogens is 715 g/mol. The first-order valence-electron chi connectivity index (χ1n) is 17.5. The summed E-state index contributed by atoms with van der Waals surface area (Å²) >= 11 is 6.81. The van der Waals surface area contributed by atoms with Gasteiger partial charge in [0.05, 0.1) is 23.3 Å². The van der Waals surface area contributed by atoms with E-state index in [1.54, 1.807) is 29.8 Å². The number of imide groups is 1. The van der Waals surface area contributed by atoms with E-state index in [4.69, 9.17) is 11.6 Å². The van der Waals surface area contributed by atoms with E-state index >= 15 is 0 Å². The zero-order chi connectivity index (χ0) is 37.2. The first-order chi connectivity index (χ1) is 25.3. The minimum absolute atomic E-state index is 0.140. The lowest BCUT2D eigenvalue weighted by molar-refractivity contribution is -0.141. The molecule has 276 valence electrons. The Bertz CT molecular complexity index is 2340. The zero-order valence-corrected chi connectivity index (χ0v) is 29.3. The highest BCUT2D eigenvalue weighted by Crippen LogP contribution is 2.42. The van der Waals surface area contributed by atoms with Gasteiger partial charge in [0.15, 0.2) is 0 Å². The van der Waals surface area contributed by atoms with Gasteiger partial charge in [-0.3, -0.25) is 33.5 Å². The van der Waals surface area contributed by atoms with Gasteiger partial charge in [-0.05, 0) is 92.9 Å². The van der Waals surface area contributed by atoms with E-state index in [1.165, 1.54) is 16.8 Å². The van der Waals surface area contributed by atoms with Crippen molar-refractivity contribution in [1.82, 2.24) is 39.1 Å². The quantitative estimate of drug-likeness (QED) is 0.216. The number of benzene rings is 1. The van der Waals surface area contributed by atoms with Crippen LogP contribution in [-0.4, -0.2) is 71.1 Å². The number of likely N-dealkylation sites (tertiary alicyclic amines) is 1. The molecule has 0 radical (unpaired) electrons. The molecule has 8 rings (SSSR count). The highest BCUT2D eigenvalue weighted by atomic mass is 35.5. The second-order valence-electron chi connectivity index (χ2n) is 14.2. The number of nitrogens with zero attached hydrogens (tertiary/aromatic N) is 7. The molecule has 1 aromatic carbocycles. The molecule has 3 aliphatic rings. The van der Waals surface area contributed by atoms with Crippen molar-refractivity contribution in [1.29, 1.82) is 0 Å². The second kappa shape index (κ2) is 13.4. The molecule has 2 aliphatic heterocycles. The number of hydrogen-bond donors (Lipinski definition) is 2. The zero-order valence-electron chi connectivity index (χ0n) is 28.6. The maximum absolute atomic E-state index is 13.4. The van der Waals surface area contributed by atoms with Gasteiger partial charge in [0.1, 0.15) is 28.8 Å². The van der Waals surface area contributed by atoms with Crippen molar-refractivity contribution in [3.05, 3.63) is 81.3 Å². The number of carbonyl (C=O) groups is 3. The normalized spacial score (nSPS) is 21.6. The van der Waals surface area contributed by atoms with Gasteiger partial charge in [-0.1, -0.05) is 17.7 Å². The average Bonchev–Trinajstić information content (AvgIpc) is 3.63. The largest absolute Gasteiger partial charge is 0.433 e. The Hall–Kier alpha value is -5.09. The lowest BCUT2D eigenvalue weighted by Crippen LogP contribution is -2.44. The minimum Gasteiger partial charge on any atom is -0.305 e. The number of nitrogens with one attached hydrogen (secondary N) is 2. The summed E-state index contributed by atoms with van der Waals surface area (Å²) in [6.45, 7) is 2.71. The molecule has 0 spiro atoms. The summed E-state index contributed by atoms with van der Waals surface area (Å²) in [5.41, 5.74) is 1.12. The first kappa shape index (κ1) is 35.0. The summed E-state index contributed by atoms with van der Waals surface area (Å²) in [6, 6.07) is 7.83. The topological polar surface area (TPSA) is 149 Å². The number of halogens is 4. The van der Waals surface area contributed by atoms with Crippen LogP contribution in [0, 0.1) is 5.92 Å². The van der Waals surface area contributed by atoms with Crippen LogP contribution in [0.3, 0.4) is 0 Å². The maximum Gasteiger partial charge on any atom is 0.433 e. The van der Waals surface area contributed by atoms with Gasteiger partial charge < -0.3 is 10.2 Å². The van der Waals surface area contributed by atoms with Gasteiger partial charge in [0.2, 0.25) is 11.8 Å². The summed E-state index contributed by atoms with van der Waals surface area (Å²) < 4.78 is 44.1. The molecule has 3 amide bonds. The van der Waals surface area contributed by atoms with Crippen LogP contribution in [0.2, 0.25) is 5.02 Å². The van der Waals surface area contributed by atoms with E-state index in [9.17, 15) is 32.3 Å². The number of hydrogen-bond acceptors (Lipinski definition) is 8. The SMILES string of the molecule is Cn1c(=O)n(C2CCC(=O)NC2=O)c2ccc(Cl)c(C3CCN(C[C@H]4C[C@H](n5cc6cc(NC(=O)c7cccc(C(F)(F)F)n7)ncc6n5)C4)CC3)c21. The fourth-order valence-electron chi connectivity index (χ4n) is 8.03. The molecule has 4 aromatic heterocycles. The van der Waals surface area contributed by atoms with Crippen LogP contribution in [0.5, 0.6) is 0 Å². The predicted molar refractivity (Wildman–Crippen MR) is 189 cm³/mol. The number of pyridine rings is 2. The van der Waals surface area contributed by atoms with Gasteiger partial charge in [-0.25, -0.2) is 14.8 Å². The van der Waals surface area contributed by atoms with Crippen molar-refractivity contribution in [3.63, 3.8) is 0 Å². The third kappa shape index (κ3) is 6.58. The van der Waals surface area contributed by atoms with E-state index in [1.807, 2.05) is 10.9 Å². The highest BCUT2D eigenvalue weighted by molar-refractivity contribution is 6.32. The van der Waals surface area contributed by atoms with Crippen molar-refractivity contribution in [2.45, 2.75) is 62.7 Å². The summed E-state index contributed by atoms with van der Waals surface area (Å²) in [5.74, 6) is -0.782. The van der Waals surface area contributed by atoms with E-state index in [0.717, 1.165) is 73.9 Å². The molecule has 13 nitrogen and oxygen atoms in total. The standard InChI is InChI=1S/C36H35ClF3N9O4/c1-46-32-26(49(35(46)53)27-7-8-30(50)44-34(27)52)6-5-23(37)31(32)20-9-11-47(12-10-20)17-19-13-22(14-19)48-18-21-15-29(41-16-25(21)45-48)43-33(51)24-3-2-4-28(42-24)36(38,39)40/h2-6,15-16,18-20,22,27H,7-14,17H2,1H3,(H,43,51)(H,44,50,52)/t19-,22-,27?. The van der Waals surface area contributed by atoms with Crippen LogP contribution in [0.4, 0.5) is 19.0 Å². The number of rotatable bonds is 7. The third-order valence-electron chi connectivity index (χ3n) is 10.8. The lowest BCUT2D eigenvalue weighted by atomic mass is 9.79. The van der Waals surface area contributed by atoms with Crippen molar-refractivity contribution in [3.8, 4) is 0 Å². The Kier molecular flexibility index (Phi) is 8.84. The maximum atomic E-state index is 13.4. The molecule has 3 fully saturated rings. The summed E-state index contributed by atoms with van der Waals surface area (Å²) in [5, 5.41) is 10.9. The van der Waals surface area contributed by atoms with E-state index in [2.05, 4.69) is 30.6 Å². The number of alkyl halides is 3. The van der Waals surface area contributed by atoms with Crippen LogP contribution in [0.25, 0.3) is 21.9 Å². The van der Waals surface area contributed by atoms with Gasteiger partial charge >= 0.3 is 11.9 Å². The summed E-state index contributed by atoms with van der Waals surface area (Å²) in [4.78, 5) is 60.6. The number of anilines is 1. The Balaban J connectivity index is 0.878. The number of aryl methyl sites for hydroxylation is 1. The van der Waals surface area contributed by atoms with Crippen molar-refractivity contribution in [2.24, 2.45) is 13.0 Å². The fourth-order valence-corrected chi connectivity index (χ4v) is 8.34. The molecular formula is C36H35ClF3N9O4. The van der Waals surface area contributed by atoms with Gasteiger partial charge in [-0.15, -0.1) is 0 Å². The monoisotopic (exact) mass is 749 g/mol. The Morgan fingerprint density at radius 1 is 1.08 bits per heavy atom. The molecule has 1 aliphatic carbocycles. The van der Waals surface area contributed by atoms with Gasteiger partial charge in [0.25, 0.3) is 5.91 Å². The first-order valence-corrected chi connectivity index (χ1v) is 17.9. The summed E-state index contributed by atoms with van der Waals surface area (Å²) in [6.07, 6.45) is 2.84. The molecule has 1 atom stereocenters. The molecule has 53 heavy (non-hydrogen) atoms. The molecule has 1 saturated carbocycles.